The average molecular weight is 254 g/mol. The van der Waals surface area contributed by atoms with Crippen molar-refractivity contribution in [1.29, 1.82) is 0 Å². The zero-order chi connectivity index (χ0) is 7.82. The Hall–Kier alpha value is 0.430. The van der Waals surface area contributed by atoms with Gasteiger partial charge in [0, 0.05) is 6.61 Å². The van der Waals surface area contributed by atoms with Gasteiger partial charge < -0.3 is 5.11 Å². The molecule has 0 atom stereocenters. The first kappa shape index (κ1) is 10.4. The van der Waals surface area contributed by atoms with E-state index in [0.717, 1.165) is 6.42 Å². The summed E-state index contributed by atoms with van der Waals surface area (Å²) in [7, 11) is 0. The molecule has 10 heavy (non-hydrogen) atoms. The highest BCUT2D eigenvalue weighted by molar-refractivity contribution is 14.1. The monoisotopic (exact) mass is 254 g/mol. The summed E-state index contributed by atoms with van der Waals surface area (Å²) in [5, 5.41) is 8.49. The third kappa shape index (κ3) is 6.55. The fourth-order valence-corrected chi connectivity index (χ4v) is 1.36. The molecule has 60 valence electrons. The Morgan fingerprint density at radius 1 is 1.60 bits per heavy atom. The van der Waals surface area contributed by atoms with E-state index >= 15 is 0 Å². The summed E-state index contributed by atoms with van der Waals surface area (Å²) in [6.45, 7) is 2.47. The highest BCUT2D eigenvalue weighted by Gasteiger charge is 1.89. The van der Waals surface area contributed by atoms with E-state index in [1.165, 1.54) is 22.8 Å². The van der Waals surface area contributed by atoms with Crippen LogP contribution in [0.1, 0.15) is 32.6 Å². The van der Waals surface area contributed by atoms with Gasteiger partial charge in [0.1, 0.15) is 0 Å². The quantitative estimate of drug-likeness (QED) is 0.748. The predicted molar refractivity (Wildman–Crippen MR) is 53.3 cm³/mol. The fourth-order valence-electron chi connectivity index (χ4n) is 0.669. The Kier molecular flexibility index (Phi) is 7.86. The van der Waals surface area contributed by atoms with Gasteiger partial charge in [-0.25, -0.2) is 0 Å². The molecule has 0 aliphatic carbocycles. The highest BCUT2D eigenvalue weighted by atomic mass is 127. The number of aliphatic hydroxyl groups excluding tert-OH is 1. The van der Waals surface area contributed by atoms with Crippen molar-refractivity contribution in [3.63, 3.8) is 0 Å². The van der Waals surface area contributed by atoms with Gasteiger partial charge in [0.05, 0.1) is 0 Å². The van der Waals surface area contributed by atoms with Crippen LogP contribution in [0.25, 0.3) is 0 Å². The summed E-state index contributed by atoms with van der Waals surface area (Å²) in [6, 6.07) is 0. The lowest BCUT2D eigenvalue weighted by atomic mass is 10.2. The van der Waals surface area contributed by atoms with Crippen LogP contribution in [-0.4, -0.2) is 11.7 Å². The molecule has 0 aromatic heterocycles. The molecule has 0 bridgehead atoms. The summed E-state index contributed by atoms with van der Waals surface area (Å²) >= 11 is 2.34. The van der Waals surface area contributed by atoms with Crippen molar-refractivity contribution in [1.82, 2.24) is 0 Å². The van der Waals surface area contributed by atoms with Crippen molar-refractivity contribution in [2.75, 3.05) is 6.61 Å². The van der Waals surface area contributed by atoms with E-state index in [-0.39, 0.29) is 6.61 Å². The van der Waals surface area contributed by atoms with E-state index in [4.69, 9.17) is 5.11 Å². The molecule has 0 aliphatic rings. The Bertz CT molecular complexity index is 99.4. The minimum atomic E-state index is 0.276. The molecule has 0 aromatic carbocycles. The number of hydrogen-bond acceptors (Lipinski definition) is 1. The number of aliphatic hydroxyl groups is 1. The minimum absolute atomic E-state index is 0.276. The van der Waals surface area contributed by atoms with Crippen LogP contribution in [0.3, 0.4) is 0 Å². The van der Waals surface area contributed by atoms with Gasteiger partial charge in [0.15, 0.2) is 0 Å². The molecule has 1 nitrogen and oxygen atoms in total. The zero-order valence-corrected chi connectivity index (χ0v) is 8.60. The van der Waals surface area contributed by atoms with Gasteiger partial charge in [-0.3, -0.25) is 0 Å². The maximum atomic E-state index is 8.49. The lowest BCUT2D eigenvalue weighted by Crippen LogP contribution is -1.79. The van der Waals surface area contributed by atoms with E-state index in [1.54, 1.807) is 0 Å². The van der Waals surface area contributed by atoms with Crippen molar-refractivity contribution in [3.8, 4) is 0 Å². The van der Waals surface area contributed by atoms with E-state index in [2.05, 4.69) is 35.6 Å². The first-order chi connectivity index (χ1) is 4.81. The summed E-state index contributed by atoms with van der Waals surface area (Å²) in [4.78, 5) is 0. The zero-order valence-electron chi connectivity index (χ0n) is 6.44. The van der Waals surface area contributed by atoms with E-state index in [9.17, 15) is 0 Å². The molecule has 0 heterocycles. The molecular weight excluding hydrogens is 239 g/mol. The lowest BCUT2D eigenvalue weighted by Gasteiger charge is -1.95. The predicted octanol–water partition coefficient (Wildman–Crippen LogP) is 2.88. The lowest BCUT2D eigenvalue weighted by molar-refractivity contribution is 0.302. The van der Waals surface area contributed by atoms with Gasteiger partial charge in [-0.05, 0) is 45.4 Å². The number of rotatable bonds is 5. The normalized spacial score (nSPS) is 12.1. The van der Waals surface area contributed by atoms with Crippen LogP contribution in [0.4, 0.5) is 0 Å². The molecule has 0 radical (unpaired) electrons. The van der Waals surface area contributed by atoms with Crippen LogP contribution >= 0.6 is 22.6 Å². The molecule has 0 saturated carbocycles. The van der Waals surface area contributed by atoms with Gasteiger partial charge in [-0.2, -0.15) is 0 Å². The van der Waals surface area contributed by atoms with Crippen LogP contribution < -0.4 is 0 Å². The third-order valence-corrected chi connectivity index (χ3v) is 2.24. The molecule has 0 aromatic rings. The van der Waals surface area contributed by atoms with Gasteiger partial charge in [0.2, 0.25) is 0 Å². The van der Waals surface area contributed by atoms with Crippen molar-refractivity contribution in [2.45, 2.75) is 32.6 Å². The van der Waals surface area contributed by atoms with E-state index in [1.807, 2.05) is 0 Å². The molecule has 0 fully saturated rings. The van der Waals surface area contributed by atoms with Crippen molar-refractivity contribution in [3.05, 3.63) is 9.66 Å². The third-order valence-electron chi connectivity index (χ3n) is 1.26. The molecule has 0 aliphatic heterocycles. The fraction of sp³-hybridized carbons (Fsp3) is 0.750. The summed E-state index contributed by atoms with van der Waals surface area (Å²) in [5.74, 6) is 0. The number of halogens is 1. The largest absolute Gasteiger partial charge is 0.396 e. The van der Waals surface area contributed by atoms with Crippen molar-refractivity contribution in [2.24, 2.45) is 0 Å². The van der Waals surface area contributed by atoms with Gasteiger partial charge in [-0.1, -0.05) is 19.4 Å². The molecule has 0 unspecified atom stereocenters. The van der Waals surface area contributed by atoms with Crippen LogP contribution in [-0.2, 0) is 0 Å². The second-order valence-electron chi connectivity index (χ2n) is 2.27. The number of allylic oxidation sites excluding steroid dienone is 1. The SMILES string of the molecule is CCCC/C(I)=C/CCO. The maximum Gasteiger partial charge on any atom is 0.0465 e. The first-order valence-corrected chi connectivity index (χ1v) is 4.84. The average Bonchev–Trinajstić information content (AvgIpc) is 1.97. The van der Waals surface area contributed by atoms with Crippen molar-refractivity contribution < 1.29 is 5.11 Å². The maximum absolute atomic E-state index is 8.49. The summed E-state index contributed by atoms with van der Waals surface area (Å²) < 4.78 is 1.38. The van der Waals surface area contributed by atoms with E-state index < -0.39 is 0 Å². The van der Waals surface area contributed by atoms with Crippen LogP contribution in [0, 0.1) is 0 Å². The molecule has 0 rings (SSSR count). The Balaban J connectivity index is 3.30. The highest BCUT2D eigenvalue weighted by Crippen LogP contribution is 2.14. The number of hydrogen-bond donors (Lipinski definition) is 1. The van der Waals surface area contributed by atoms with E-state index in [0.29, 0.717) is 0 Å². The molecular formula is C8H15IO. The standard InChI is InChI=1S/C8H15IO/c1-2-3-5-8(9)6-4-7-10/h6,10H,2-5,7H2,1H3/b8-6-. The minimum Gasteiger partial charge on any atom is -0.396 e. The van der Waals surface area contributed by atoms with Crippen molar-refractivity contribution >= 4 is 22.6 Å². The van der Waals surface area contributed by atoms with Gasteiger partial charge in [-0.15, -0.1) is 0 Å². The number of unbranched alkanes of at least 4 members (excludes halogenated alkanes) is 1. The molecule has 1 N–H and O–H groups in total. The van der Waals surface area contributed by atoms with Gasteiger partial charge >= 0.3 is 0 Å². The smallest absolute Gasteiger partial charge is 0.0465 e. The van der Waals surface area contributed by atoms with Crippen LogP contribution in [0.5, 0.6) is 0 Å². The second-order valence-corrected chi connectivity index (χ2v) is 3.65. The van der Waals surface area contributed by atoms with Gasteiger partial charge in [0.25, 0.3) is 0 Å². The summed E-state index contributed by atoms with van der Waals surface area (Å²) in [6.07, 6.45) is 6.61. The topological polar surface area (TPSA) is 20.2 Å². The second kappa shape index (κ2) is 7.54. The Morgan fingerprint density at radius 3 is 2.80 bits per heavy atom. The van der Waals surface area contributed by atoms with Crippen LogP contribution in [0.15, 0.2) is 9.66 Å². The first-order valence-electron chi connectivity index (χ1n) is 3.76. The summed E-state index contributed by atoms with van der Waals surface area (Å²) in [5.41, 5.74) is 0. The molecule has 0 amide bonds. The molecule has 2 heteroatoms. The Labute approximate surface area is 76.7 Å². The van der Waals surface area contributed by atoms with Crippen LogP contribution in [0.2, 0.25) is 0 Å². The Morgan fingerprint density at radius 2 is 2.30 bits per heavy atom. The molecule has 0 saturated heterocycles. The molecule has 0 spiro atoms.